The molecule has 1 saturated heterocycles. The Morgan fingerprint density at radius 1 is 1.11 bits per heavy atom. The molecule has 2 unspecified atom stereocenters. The Balaban J connectivity index is 1.82. The van der Waals surface area contributed by atoms with E-state index in [1.807, 2.05) is 0 Å². The smallest absolute Gasteiger partial charge is 0.309 e. The number of nitrogens with one attached hydrogen (secondary N) is 1. The van der Waals surface area contributed by atoms with E-state index in [9.17, 15) is 9.59 Å². The molecule has 2 aliphatic rings. The van der Waals surface area contributed by atoms with Gasteiger partial charge in [0, 0.05) is 18.4 Å². The summed E-state index contributed by atoms with van der Waals surface area (Å²) in [5, 5.41) is 3.44. The number of rotatable bonds is 12. The van der Waals surface area contributed by atoms with Crippen molar-refractivity contribution in [3.8, 4) is 0 Å². The number of hydrogen-bond donors (Lipinski definition) is 1. The monoisotopic (exact) mass is 393 g/mol. The van der Waals surface area contributed by atoms with Crippen LogP contribution in [0, 0.1) is 17.3 Å². The van der Waals surface area contributed by atoms with Gasteiger partial charge >= 0.3 is 5.97 Å². The standard InChI is InChI=1S/C24H43NO3/c1-3-5-6-7-8-9-10-21(4-2)23(27)28-22-19-25-17-16-24(22)14-11-20(12-15-24)13-18-26/h18,20-22,25H,3-17,19H2,1-2H3. The lowest BCUT2D eigenvalue weighted by molar-refractivity contribution is -0.166. The van der Waals surface area contributed by atoms with E-state index >= 15 is 0 Å². The average Bonchev–Trinajstić information content (AvgIpc) is 2.71. The molecule has 4 heteroatoms. The maximum absolute atomic E-state index is 12.9. The highest BCUT2D eigenvalue weighted by Crippen LogP contribution is 2.47. The summed E-state index contributed by atoms with van der Waals surface area (Å²) >= 11 is 0. The molecule has 0 bridgehead atoms. The molecule has 0 amide bonds. The molecule has 28 heavy (non-hydrogen) atoms. The lowest BCUT2D eigenvalue weighted by Gasteiger charge is -2.48. The number of esters is 1. The topological polar surface area (TPSA) is 55.4 Å². The van der Waals surface area contributed by atoms with Crippen LogP contribution in [0.2, 0.25) is 0 Å². The molecule has 1 heterocycles. The van der Waals surface area contributed by atoms with Crippen LogP contribution in [0.5, 0.6) is 0 Å². The Labute approximate surface area is 172 Å². The first kappa shape index (κ1) is 23.4. The quantitative estimate of drug-likeness (QED) is 0.273. The number of ether oxygens (including phenoxy) is 1. The van der Waals surface area contributed by atoms with Crippen LogP contribution in [0.1, 0.15) is 104 Å². The number of piperidine rings is 1. The van der Waals surface area contributed by atoms with Gasteiger partial charge in [-0.1, -0.05) is 52.4 Å². The first-order chi connectivity index (χ1) is 13.6. The summed E-state index contributed by atoms with van der Waals surface area (Å²) < 4.78 is 6.16. The Kier molecular flexibility index (Phi) is 10.5. The minimum Gasteiger partial charge on any atom is -0.460 e. The lowest BCUT2D eigenvalue weighted by Crippen LogP contribution is -2.53. The van der Waals surface area contributed by atoms with Gasteiger partial charge < -0.3 is 14.8 Å². The van der Waals surface area contributed by atoms with Gasteiger partial charge in [0.05, 0.1) is 5.92 Å². The first-order valence-electron chi connectivity index (χ1n) is 12.0. The summed E-state index contributed by atoms with van der Waals surface area (Å²) in [4.78, 5) is 23.7. The van der Waals surface area contributed by atoms with Gasteiger partial charge in [-0.2, -0.15) is 0 Å². The van der Waals surface area contributed by atoms with Crippen LogP contribution in [0.3, 0.4) is 0 Å². The Bertz CT molecular complexity index is 457. The summed E-state index contributed by atoms with van der Waals surface area (Å²) in [5.74, 6) is 0.612. The number of carbonyl (C=O) groups excluding carboxylic acids is 2. The summed E-state index contributed by atoms with van der Waals surface area (Å²) in [6.45, 7) is 6.16. The molecule has 1 aliphatic heterocycles. The molecular weight excluding hydrogens is 350 g/mol. The Hall–Kier alpha value is -0.900. The van der Waals surface area contributed by atoms with Gasteiger partial charge in [-0.15, -0.1) is 0 Å². The average molecular weight is 394 g/mol. The second-order valence-electron chi connectivity index (χ2n) is 9.25. The third kappa shape index (κ3) is 6.86. The van der Waals surface area contributed by atoms with E-state index in [0.717, 1.165) is 70.7 Å². The fourth-order valence-electron chi connectivity index (χ4n) is 5.21. The Morgan fingerprint density at radius 3 is 2.50 bits per heavy atom. The van der Waals surface area contributed by atoms with Crippen molar-refractivity contribution in [1.82, 2.24) is 5.32 Å². The molecule has 2 atom stereocenters. The zero-order valence-electron chi connectivity index (χ0n) is 18.3. The van der Waals surface area contributed by atoms with Crippen LogP contribution < -0.4 is 5.32 Å². The van der Waals surface area contributed by atoms with E-state index in [-0.39, 0.29) is 23.4 Å². The van der Waals surface area contributed by atoms with E-state index < -0.39 is 0 Å². The molecule has 2 rings (SSSR count). The fourth-order valence-corrected chi connectivity index (χ4v) is 5.21. The van der Waals surface area contributed by atoms with E-state index in [1.54, 1.807) is 0 Å². The van der Waals surface area contributed by atoms with Gasteiger partial charge in [0.25, 0.3) is 0 Å². The second-order valence-corrected chi connectivity index (χ2v) is 9.25. The minimum absolute atomic E-state index is 0.00420. The SMILES string of the molecule is CCCCCCCCC(CC)C(=O)OC1CNCCC12CCC(CC=O)CC2. The van der Waals surface area contributed by atoms with Gasteiger partial charge in [-0.25, -0.2) is 0 Å². The van der Waals surface area contributed by atoms with Gasteiger partial charge in [-0.3, -0.25) is 4.79 Å². The molecule has 1 spiro atoms. The highest BCUT2D eigenvalue weighted by molar-refractivity contribution is 5.72. The van der Waals surface area contributed by atoms with Crippen molar-refractivity contribution in [3.05, 3.63) is 0 Å². The normalized spacial score (nSPS) is 28.8. The molecule has 0 aromatic heterocycles. The van der Waals surface area contributed by atoms with Gasteiger partial charge in [0.1, 0.15) is 12.4 Å². The van der Waals surface area contributed by atoms with Crippen molar-refractivity contribution in [2.45, 2.75) is 110 Å². The van der Waals surface area contributed by atoms with Crippen LogP contribution in [0.25, 0.3) is 0 Å². The molecule has 1 aliphatic carbocycles. The summed E-state index contributed by atoms with van der Waals surface area (Å²) in [6.07, 6.45) is 16.7. The highest BCUT2D eigenvalue weighted by Gasteiger charge is 2.45. The summed E-state index contributed by atoms with van der Waals surface area (Å²) in [7, 11) is 0. The number of hydrogen-bond acceptors (Lipinski definition) is 4. The highest BCUT2D eigenvalue weighted by atomic mass is 16.5. The van der Waals surface area contributed by atoms with Crippen LogP contribution in [-0.4, -0.2) is 31.4 Å². The molecule has 1 saturated carbocycles. The fraction of sp³-hybridized carbons (Fsp3) is 0.917. The maximum Gasteiger partial charge on any atom is 0.309 e. The zero-order valence-corrected chi connectivity index (χ0v) is 18.3. The Morgan fingerprint density at radius 2 is 1.82 bits per heavy atom. The molecule has 0 aromatic carbocycles. The molecular formula is C24H43NO3. The van der Waals surface area contributed by atoms with Crippen molar-refractivity contribution < 1.29 is 14.3 Å². The summed E-state index contributed by atoms with van der Waals surface area (Å²) in [5.41, 5.74) is 0.138. The van der Waals surface area contributed by atoms with Gasteiger partial charge in [-0.05, 0) is 57.4 Å². The molecule has 0 radical (unpaired) electrons. The third-order valence-corrected chi connectivity index (χ3v) is 7.33. The van der Waals surface area contributed by atoms with E-state index in [0.29, 0.717) is 12.3 Å². The maximum atomic E-state index is 12.9. The first-order valence-corrected chi connectivity index (χ1v) is 12.0. The van der Waals surface area contributed by atoms with E-state index in [1.165, 1.54) is 32.1 Å². The third-order valence-electron chi connectivity index (χ3n) is 7.33. The molecule has 0 aromatic rings. The second kappa shape index (κ2) is 12.6. The number of aldehydes is 1. The summed E-state index contributed by atoms with van der Waals surface area (Å²) in [6, 6.07) is 0. The molecule has 162 valence electrons. The van der Waals surface area contributed by atoms with Crippen LogP contribution in [-0.2, 0) is 14.3 Å². The predicted octanol–water partition coefficient (Wildman–Crippen LogP) is 5.43. The van der Waals surface area contributed by atoms with Gasteiger partial charge in [0.15, 0.2) is 0 Å². The minimum atomic E-state index is 0.00420. The predicted molar refractivity (Wildman–Crippen MR) is 114 cm³/mol. The number of unbranched alkanes of at least 4 members (excludes halogenated alkanes) is 5. The van der Waals surface area contributed by atoms with Crippen LogP contribution >= 0.6 is 0 Å². The molecule has 2 fully saturated rings. The van der Waals surface area contributed by atoms with E-state index in [2.05, 4.69) is 19.2 Å². The zero-order chi connectivity index (χ0) is 20.2. The van der Waals surface area contributed by atoms with Crippen molar-refractivity contribution in [2.75, 3.05) is 13.1 Å². The van der Waals surface area contributed by atoms with E-state index in [4.69, 9.17) is 4.74 Å². The molecule has 4 nitrogen and oxygen atoms in total. The molecule has 1 N–H and O–H groups in total. The van der Waals surface area contributed by atoms with Gasteiger partial charge in [0.2, 0.25) is 0 Å². The van der Waals surface area contributed by atoms with Crippen LogP contribution in [0.15, 0.2) is 0 Å². The van der Waals surface area contributed by atoms with Crippen molar-refractivity contribution in [3.63, 3.8) is 0 Å². The van der Waals surface area contributed by atoms with Crippen LogP contribution in [0.4, 0.5) is 0 Å². The number of carbonyl (C=O) groups is 2. The largest absolute Gasteiger partial charge is 0.460 e. The van der Waals surface area contributed by atoms with Crippen molar-refractivity contribution in [2.24, 2.45) is 17.3 Å². The van der Waals surface area contributed by atoms with Crippen molar-refractivity contribution >= 4 is 12.3 Å². The lowest BCUT2D eigenvalue weighted by atomic mass is 9.64. The van der Waals surface area contributed by atoms with Crippen molar-refractivity contribution in [1.29, 1.82) is 0 Å².